The molecule has 0 aliphatic carbocycles. The third-order valence-corrected chi connectivity index (χ3v) is 3.07. The first-order chi connectivity index (χ1) is 10.1. The number of nitrogens with zero attached hydrogens (tertiary/aromatic N) is 2. The number of aromatic nitrogens is 2. The lowest BCUT2D eigenvalue weighted by atomic mass is 10.0. The van der Waals surface area contributed by atoms with Crippen LogP contribution in [0.3, 0.4) is 0 Å². The average molecular weight is 280 g/mol. The summed E-state index contributed by atoms with van der Waals surface area (Å²) in [6, 6.07) is 8.73. The van der Waals surface area contributed by atoms with E-state index in [9.17, 15) is 9.90 Å². The second-order valence-electron chi connectivity index (χ2n) is 4.66. The molecule has 0 aliphatic rings. The van der Waals surface area contributed by atoms with E-state index >= 15 is 0 Å². The van der Waals surface area contributed by atoms with Crippen LogP contribution in [-0.2, 0) is 0 Å². The first-order valence-corrected chi connectivity index (χ1v) is 6.35. The Morgan fingerprint density at radius 2 is 1.95 bits per heavy atom. The predicted octanol–water partition coefficient (Wildman–Crippen LogP) is 3.41. The van der Waals surface area contributed by atoms with Crippen LogP contribution >= 0.6 is 0 Å². The van der Waals surface area contributed by atoms with Crippen molar-refractivity contribution in [3.63, 3.8) is 0 Å². The van der Waals surface area contributed by atoms with Crippen molar-refractivity contribution in [2.75, 3.05) is 0 Å². The van der Waals surface area contributed by atoms with Gasteiger partial charge in [0.1, 0.15) is 6.26 Å². The summed E-state index contributed by atoms with van der Waals surface area (Å²) in [5.74, 6) is -0.622. The van der Waals surface area contributed by atoms with Gasteiger partial charge in [0.2, 0.25) is 5.89 Å². The summed E-state index contributed by atoms with van der Waals surface area (Å²) in [4.78, 5) is 19.7. The van der Waals surface area contributed by atoms with Gasteiger partial charge in [-0.05, 0) is 36.8 Å². The normalized spacial score (nSPS) is 10.5. The molecule has 1 aromatic carbocycles. The summed E-state index contributed by atoms with van der Waals surface area (Å²) in [5.41, 5.74) is 3.24. The average Bonchev–Trinajstić information content (AvgIpc) is 3.02. The number of carboxylic acids is 1. The Labute approximate surface area is 120 Å². The van der Waals surface area contributed by atoms with E-state index in [4.69, 9.17) is 4.42 Å². The SMILES string of the molecule is Cc1ccc(-c2cc(C(=O)O)cc(-c3ncco3)c2)nc1. The van der Waals surface area contributed by atoms with Crippen molar-refractivity contribution in [2.24, 2.45) is 0 Å². The Hall–Kier alpha value is -2.95. The molecule has 0 fully saturated rings. The van der Waals surface area contributed by atoms with Crippen molar-refractivity contribution in [1.29, 1.82) is 0 Å². The van der Waals surface area contributed by atoms with Gasteiger partial charge in [0.05, 0.1) is 17.5 Å². The van der Waals surface area contributed by atoms with Crippen LogP contribution in [0.2, 0.25) is 0 Å². The molecule has 0 radical (unpaired) electrons. The minimum atomic E-state index is -1.00. The Morgan fingerprint density at radius 3 is 2.57 bits per heavy atom. The topological polar surface area (TPSA) is 76.2 Å². The van der Waals surface area contributed by atoms with Gasteiger partial charge in [-0.1, -0.05) is 6.07 Å². The van der Waals surface area contributed by atoms with E-state index < -0.39 is 5.97 Å². The van der Waals surface area contributed by atoms with Crippen molar-refractivity contribution >= 4 is 5.97 Å². The van der Waals surface area contributed by atoms with E-state index in [1.807, 2.05) is 25.1 Å². The lowest BCUT2D eigenvalue weighted by molar-refractivity contribution is 0.0697. The summed E-state index contributed by atoms with van der Waals surface area (Å²) in [5, 5.41) is 9.25. The number of hydrogen-bond acceptors (Lipinski definition) is 4. The molecule has 21 heavy (non-hydrogen) atoms. The first-order valence-electron chi connectivity index (χ1n) is 6.35. The van der Waals surface area contributed by atoms with Crippen molar-refractivity contribution < 1.29 is 14.3 Å². The molecule has 0 aliphatic heterocycles. The van der Waals surface area contributed by atoms with Gasteiger partial charge in [-0.3, -0.25) is 4.98 Å². The minimum absolute atomic E-state index is 0.170. The highest BCUT2D eigenvalue weighted by molar-refractivity contribution is 5.91. The molecular weight excluding hydrogens is 268 g/mol. The zero-order valence-electron chi connectivity index (χ0n) is 11.3. The van der Waals surface area contributed by atoms with Crippen molar-refractivity contribution in [3.05, 3.63) is 60.1 Å². The molecule has 0 bridgehead atoms. The van der Waals surface area contributed by atoms with Crippen LogP contribution in [0, 0.1) is 6.92 Å². The van der Waals surface area contributed by atoms with Crippen molar-refractivity contribution in [2.45, 2.75) is 6.92 Å². The molecule has 0 saturated heterocycles. The van der Waals surface area contributed by atoms with Gasteiger partial charge in [-0.25, -0.2) is 9.78 Å². The summed E-state index contributed by atoms with van der Waals surface area (Å²) in [6.07, 6.45) is 4.72. The Morgan fingerprint density at radius 1 is 1.14 bits per heavy atom. The molecule has 0 amide bonds. The largest absolute Gasteiger partial charge is 0.478 e. The maximum absolute atomic E-state index is 11.3. The molecular formula is C16H12N2O3. The van der Waals surface area contributed by atoms with E-state index in [1.165, 1.54) is 18.5 Å². The van der Waals surface area contributed by atoms with Gasteiger partial charge < -0.3 is 9.52 Å². The summed E-state index contributed by atoms with van der Waals surface area (Å²) in [7, 11) is 0. The van der Waals surface area contributed by atoms with Crippen LogP contribution in [0.15, 0.2) is 53.4 Å². The smallest absolute Gasteiger partial charge is 0.335 e. The van der Waals surface area contributed by atoms with Crippen molar-refractivity contribution in [1.82, 2.24) is 9.97 Å². The monoisotopic (exact) mass is 280 g/mol. The van der Waals surface area contributed by atoms with Gasteiger partial charge in [0, 0.05) is 17.3 Å². The quantitative estimate of drug-likeness (QED) is 0.795. The highest BCUT2D eigenvalue weighted by Crippen LogP contribution is 2.26. The Kier molecular flexibility index (Phi) is 3.23. The number of benzene rings is 1. The third-order valence-electron chi connectivity index (χ3n) is 3.07. The molecule has 0 atom stereocenters. The Balaban J connectivity index is 2.16. The van der Waals surface area contributed by atoms with Gasteiger partial charge >= 0.3 is 5.97 Å². The first kappa shape index (κ1) is 13.1. The number of pyridine rings is 1. The van der Waals surface area contributed by atoms with Gasteiger partial charge in [-0.2, -0.15) is 0 Å². The van der Waals surface area contributed by atoms with Gasteiger partial charge in [0.25, 0.3) is 0 Å². The number of rotatable bonds is 3. The zero-order valence-corrected chi connectivity index (χ0v) is 11.3. The summed E-state index contributed by atoms with van der Waals surface area (Å²) < 4.78 is 5.24. The predicted molar refractivity (Wildman–Crippen MR) is 76.9 cm³/mol. The van der Waals surface area contributed by atoms with Gasteiger partial charge in [0.15, 0.2) is 0 Å². The minimum Gasteiger partial charge on any atom is -0.478 e. The highest BCUT2D eigenvalue weighted by atomic mass is 16.4. The van der Waals surface area contributed by atoms with E-state index in [-0.39, 0.29) is 5.56 Å². The molecule has 104 valence electrons. The molecule has 3 rings (SSSR count). The fourth-order valence-electron chi connectivity index (χ4n) is 2.03. The molecule has 0 unspecified atom stereocenters. The molecule has 3 aromatic rings. The van der Waals surface area contributed by atoms with E-state index in [0.29, 0.717) is 22.7 Å². The number of hydrogen-bond donors (Lipinski definition) is 1. The molecule has 5 heteroatoms. The number of carboxylic acid groups (broad SMARTS) is 1. The van der Waals surface area contributed by atoms with Crippen LogP contribution in [0.1, 0.15) is 15.9 Å². The molecule has 2 heterocycles. The fourth-order valence-corrected chi connectivity index (χ4v) is 2.03. The number of aryl methyl sites for hydroxylation is 1. The standard InChI is InChI=1S/C16H12N2O3/c1-10-2-3-14(18-9-10)11-6-12(15-17-4-5-21-15)8-13(7-11)16(19)20/h2-9H,1H3,(H,19,20). The Bertz CT molecular complexity index is 778. The third kappa shape index (κ3) is 2.67. The van der Waals surface area contributed by atoms with Crippen LogP contribution in [0.4, 0.5) is 0 Å². The number of carbonyl (C=O) groups is 1. The van der Waals surface area contributed by atoms with Crippen molar-refractivity contribution in [3.8, 4) is 22.7 Å². The van der Waals surface area contributed by atoms with E-state index in [2.05, 4.69) is 9.97 Å². The fraction of sp³-hybridized carbons (Fsp3) is 0.0625. The maximum Gasteiger partial charge on any atom is 0.335 e. The zero-order chi connectivity index (χ0) is 14.8. The molecule has 2 aromatic heterocycles. The second-order valence-corrected chi connectivity index (χ2v) is 4.66. The number of aromatic carboxylic acids is 1. The summed E-state index contributed by atoms with van der Waals surface area (Å²) >= 11 is 0. The lowest BCUT2D eigenvalue weighted by Gasteiger charge is -2.06. The van der Waals surface area contributed by atoms with Crippen LogP contribution in [0.25, 0.3) is 22.7 Å². The molecule has 5 nitrogen and oxygen atoms in total. The van der Waals surface area contributed by atoms with Crippen LogP contribution < -0.4 is 0 Å². The maximum atomic E-state index is 11.3. The van der Waals surface area contributed by atoms with E-state index in [0.717, 1.165) is 5.56 Å². The molecule has 0 spiro atoms. The highest BCUT2D eigenvalue weighted by Gasteiger charge is 2.12. The number of oxazole rings is 1. The summed E-state index contributed by atoms with van der Waals surface area (Å²) in [6.45, 7) is 1.95. The molecule has 1 N–H and O–H groups in total. The van der Waals surface area contributed by atoms with Gasteiger partial charge in [-0.15, -0.1) is 0 Å². The lowest BCUT2D eigenvalue weighted by Crippen LogP contribution is -1.98. The second kappa shape index (κ2) is 5.20. The molecule has 0 saturated carbocycles. The van der Waals surface area contributed by atoms with Crippen LogP contribution in [-0.4, -0.2) is 21.0 Å². The van der Waals surface area contributed by atoms with E-state index in [1.54, 1.807) is 12.3 Å². The van der Waals surface area contributed by atoms with Crippen LogP contribution in [0.5, 0.6) is 0 Å².